The second-order valence-corrected chi connectivity index (χ2v) is 9.11. The molecule has 2 aromatic carbocycles. The van der Waals surface area contributed by atoms with E-state index >= 15 is 0 Å². The normalized spacial score (nSPS) is 22.2. The van der Waals surface area contributed by atoms with Gasteiger partial charge in [-0.3, -0.25) is 9.59 Å². The Kier molecular flexibility index (Phi) is 7.10. The molecular weight excluding hydrogens is 444 g/mol. The molecule has 0 bridgehead atoms. The summed E-state index contributed by atoms with van der Waals surface area (Å²) in [5.41, 5.74) is 1.54. The van der Waals surface area contributed by atoms with Gasteiger partial charge in [0.25, 0.3) is 5.91 Å². The highest BCUT2D eigenvalue weighted by Crippen LogP contribution is 2.46. The first kappa shape index (κ1) is 24.7. The molecule has 2 N–H and O–H groups in total. The van der Waals surface area contributed by atoms with Crippen molar-refractivity contribution in [1.82, 2.24) is 4.90 Å². The Morgan fingerprint density at radius 3 is 2.71 bits per heavy atom. The molecule has 7 heteroatoms. The molecule has 0 spiro atoms. The summed E-state index contributed by atoms with van der Waals surface area (Å²) in [4.78, 5) is 29.6. The molecule has 3 atom stereocenters. The van der Waals surface area contributed by atoms with E-state index in [2.05, 4.69) is 6.58 Å². The molecule has 2 aliphatic rings. The van der Waals surface area contributed by atoms with E-state index in [1.54, 1.807) is 48.3 Å². The van der Waals surface area contributed by atoms with E-state index in [-0.39, 0.29) is 31.5 Å². The van der Waals surface area contributed by atoms with Crippen molar-refractivity contribution in [3.63, 3.8) is 0 Å². The van der Waals surface area contributed by atoms with E-state index in [4.69, 9.17) is 4.74 Å². The third kappa shape index (κ3) is 4.37. The molecule has 0 aliphatic carbocycles. The van der Waals surface area contributed by atoms with Gasteiger partial charge in [-0.2, -0.15) is 0 Å². The van der Waals surface area contributed by atoms with Crippen LogP contribution in [0.1, 0.15) is 30.0 Å². The Balaban J connectivity index is 1.52. The van der Waals surface area contributed by atoms with E-state index < -0.39 is 17.4 Å². The second-order valence-electron chi connectivity index (χ2n) is 9.11. The summed E-state index contributed by atoms with van der Waals surface area (Å²) in [6.45, 7) is 6.10. The summed E-state index contributed by atoms with van der Waals surface area (Å²) in [7, 11) is 1.53. The minimum Gasteiger partial charge on any atom is -0.497 e. The van der Waals surface area contributed by atoms with Crippen LogP contribution in [0.3, 0.4) is 0 Å². The van der Waals surface area contributed by atoms with Gasteiger partial charge < -0.3 is 24.7 Å². The average Bonchev–Trinajstić information content (AvgIpc) is 3.10. The van der Waals surface area contributed by atoms with E-state index in [1.165, 1.54) is 12.0 Å². The zero-order valence-electron chi connectivity index (χ0n) is 20.2. The van der Waals surface area contributed by atoms with Gasteiger partial charge in [-0.1, -0.05) is 49.4 Å². The van der Waals surface area contributed by atoms with Crippen LogP contribution in [0.15, 0.2) is 67.3 Å². The van der Waals surface area contributed by atoms with E-state index in [1.807, 2.05) is 24.3 Å². The van der Waals surface area contributed by atoms with Crippen LogP contribution < -0.4 is 9.64 Å². The Hall–Kier alpha value is -3.42. The molecule has 0 saturated heterocycles. The first-order chi connectivity index (χ1) is 16.8. The molecule has 7 nitrogen and oxygen atoms in total. The van der Waals surface area contributed by atoms with Crippen molar-refractivity contribution < 1.29 is 24.5 Å². The fourth-order valence-corrected chi connectivity index (χ4v) is 5.04. The van der Waals surface area contributed by atoms with Crippen LogP contribution in [0.2, 0.25) is 0 Å². The van der Waals surface area contributed by atoms with Crippen molar-refractivity contribution in [2.45, 2.75) is 38.0 Å². The third-order valence-electron chi connectivity index (χ3n) is 7.05. The molecule has 2 amide bonds. The largest absolute Gasteiger partial charge is 0.497 e. The molecule has 2 heterocycles. The SMILES string of the molecule is C=CCN1C(=O)[C@@](O)([C@@H](C)/C=C/CC(=O)N2Cc3ccccc3C[C@H]2CO)c2cc(OC)ccc21. The molecule has 0 aromatic heterocycles. The van der Waals surface area contributed by atoms with Crippen LogP contribution in [0.25, 0.3) is 0 Å². The highest BCUT2D eigenvalue weighted by molar-refractivity contribution is 6.07. The number of rotatable bonds is 8. The molecule has 2 aromatic rings. The fraction of sp³-hybridized carbons (Fsp3) is 0.357. The number of aliphatic hydroxyl groups excluding tert-OH is 1. The number of nitrogens with zero attached hydrogens (tertiary/aromatic N) is 2. The minimum atomic E-state index is -1.79. The Bertz CT molecular complexity index is 1160. The summed E-state index contributed by atoms with van der Waals surface area (Å²) in [5, 5.41) is 21.5. The number of methoxy groups -OCH3 is 1. The molecule has 0 radical (unpaired) electrons. The topological polar surface area (TPSA) is 90.3 Å². The summed E-state index contributed by atoms with van der Waals surface area (Å²) in [6.07, 6.45) is 5.75. The van der Waals surface area contributed by atoms with Gasteiger partial charge in [-0.15, -0.1) is 6.58 Å². The van der Waals surface area contributed by atoms with Gasteiger partial charge in [0.1, 0.15) is 5.75 Å². The summed E-state index contributed by atoms with van der Waals surface area (Å²) in [5.74, 6) is -0.597. The van der Waals surface area contributed by atoms with Crippen molar-refractivity contribution in [1.29, 1.82) is 0 Å². The van der Waals surface area contributed by atoms with Crippen LogP contribution in [-0.2, 0) is 28.2 Å². The number of carbonyl (C=O) groups excluding carboxylic acids is 2. The Morgan fingerprint density at radius 1 is 1.29 bits per heavy atom. The first-order valence-corrected chi connectivity index (χ1v) is 11.8. The highest BCUT2D eigenvalue weighted by atomic mass is 16.5. The number of aliphatic hydroxyl groups is 2. The Labute approximate surface area is 205 Å². The molecular formula is C28H32N2O5. The van der Waals surface area contributed by atoms with Crippen LogP contribution in [0, 0.1) is 5.92 Å². The molecule has 184 valence electrons. The number of hydrogen-bond donors (Lipinski definition) is 2. The number of carbonyl (C=O) groups is 2. The lowest BCUT2D eigenvalue weighted by molar-refractivity contribution is -0.139. The highest BCUT2D eigenvalue weighted by Gasteiger charge is 2.52. The summed E-state index contributed by atoms with van der Waals surface area (Å²) in [6, 6.07) is 12.9. The van der Waals surface area contributed by atoms with Gasteiger partial charge in [0.05, 0.1) is 25.4 Å². The lowest BCUT2D eigenvalue weighted by Gasteiger charge is -2.36. The third-order valence-corrected chi connectivity index (χ3v) is 7.05. The maximum atomic E-state index is 13.3. The molecule has 35 heavy (non-hydrogen) atoms. The quantitative estimate of drug-likeness (QED) is 0.572. The lowest BCUT2D eigenvalue weighted by Crippen LogP contribution is -2.46. The van der Waals surface area contributed by atoms with E-state index in [9.17, 15) is 19.8 Å². The predicted octanol–water partition coefficient (Wildman–Crippen LogP) is 2.94. The van der Waals surface area contributed by atoms with Gasteiger partial charge >= 0.3 is 0 Å². The Morgan fingerprint density at radius 2 is 2.03 bits per heavy atom. The van der Waals surface area contributed by atoms with Crippen LogP contribution in [0.5, 0.6) is 5.75 Å². The maximum absolute atomic E-state index is 13.3. The number of amides is 2. The van der Waals surface area contributed by atoms with Crippen LogP contribution in [0.4, 0.5) is 5.69 Å². The first-order valence-electron chi connectivity index (χ1n) is 11.8. The van der Waals surface area contributed by atoms with Crippen molar-refractivity contribution in [3.8, 4) is 5.75 Å². The van der Waals surface area contributed by atoms with E-state index in [0.29, 0.717) is 30.0 Å². The zero-order valence-corrected chi connectivity index (χ0v) is 20.2. The van der Waals surface area contributed by atoms with Gasteiger partial charge in [0.15, 0.2) is 5.60 Å². The molecule has 0 saturated carbocycles. The molecule has 0 unspecified atom stereocenters. The van der Waals surface area contributed by atoms with Gasteiger partial charge in [0.2, 0.25) is 5.91 Å². The molecule has 2 aliphatic heterocycles. The fourth-order valence-electron chi connectivity index (χ4n) is 5.04. The van der Waals surface area contributed by atoms with Crippen molar-refractivity contribution in [2.24, 2.45) is 5.92 Å². The lowest BCUT2D eigenvalue weighted by atomic mass is 9.83. The van der Waals surface area contributed by atoms with Crippen molar-refractivity contribution in [3.05, 3.63) is 84.0 Å². The number of benzene rings is 2. The maximum Gasteiger partial charge on any atom is 0.264 e. The predicted molar refractivity (Wildman–Crippen MR) is 134 cm³/mol. The zero-order chi connectivity index (χ0) is 25.2. The van der Waals surface area contributed by atoms with Crippen molar-refractivity contribution in [2.75, 3.05) is 25.2 Å². The number of fused-ring (bicyclic) bond motifs is 2. The van der Waals surface area contributed by atoms with Gasteiger partial charge in [0, 0.05) is 31.0 Å². The monoisotopic (exact) mass is 476 g/mol. The molecule has 0 fully saturated rings. The minimum absolute atomic E-state index is 0.105. The number of hydrogen-bond acceptors (Lipinski definition) is 5. The summed E-state index contributed by atoms with van der Waals surface area (Å²) >= 11 is 0. The summed E-state index contributed by atoms with van der Waals surface area (Å²) < 4.78 is 5.32. The average molecular weight is 477 g/mol. The van der Waals surface area contributed by atoms with Crippen LogP contribution in [-0.4, -0.2) is 53.2 Å². The van der Waals surface area contributed by atoms with Crippen LogP contribution >= 0.6 is 0 Å². The standard InChI is InChI=1S/C28H32N2O5/c1-4-14-29-25-13-12-23(35-3)16-24(25)28(34,27(29)33)19(2)8-7-11-26(32)30-17-21-10-6-5-9-20(21)15-22(30)18-31/h4-10,12-13,16,19,22,31,34H,1,11,14-15,17-18H2,2-3H3/b8-7+/t19-,22-,28+/m0/s1. The van der Waals surface area contributed by atoms with E-state index in [0.717, 1.165) is 11.1 Å². The van der Waals surface area contributed by atoms with Gasteiger partial charge in [-0.25, -0.2) is 0 Å². The second kappa shape index (κ2) is 10.1. The smallest absolute Gasteiger partial charge is 0.264 e. The number of ether oxygens (including phenoxy) is 1. The van der Waals surface area contributed by atoms with Crippen molar-refractivity contribution >= 4 is 17.5 Å². The number of anilines is 1. The molecule has 4 rings (SSSR count). The van der Waals surface area contributed by atoms with Gasteiger partial charge in [-0.05, 0) is 35.7 Å².